The van der Waals surface area contributed by atoms with Crippen molar-refractivity contribution in [2.24, 2.45) is 0 Å². The van der Waals surface area contributed by atoms with Crippen LogP contribution in [0.15, 0.2) is 24.3 Å². The van der Waals surface area contributed by atoms with E-state index in [-0.39, 0.29) is 17.8 Å². The maximum atomic E-state index is 13.3. The number of H-pyrrole nitrogens is 1. The van der Waals surface area contributed by atoms with Crippen LogP contribution >= 0.6 is 0 Å². The summed E-state index contributed by atoms with van der Waals surface area (Å²) < 4.78 is 0. The minimum atomic E-state index is -1.13. The Morgan fingerprint density at radius 1 is 1.24 bits per heavy atom. The lowest BCUT2D eigenvalue weighted by atomic mass is 10.00. The van der Waals surface area contributed by atoms with Gasteiger partial charge in [-0.1, -0.05) is 0 Å². The van der Waals surface area contributed by atoms with Gasteiger partial charge in [-0.15, -0.1) is 0 Å². The van der Waals surface area contributed by atoms with E-state index in [0.29, 0.717) is 29.2 Å². The molecule has 1 atom stereocenters. The third kappa shape index (κ3) is 2.84. The Balaban J connectivity index is 1.53. The molecule has 148 valence electrons. The number of carbonyl (C=O) groups is 2. The number of aromatic nitrogens is 4. The number of hydrogen-bond acceptors (Lipinski definition) is 6. The van der Waals surface area contributed by atoms with Crippen LogP contribution < -0.4 is 15.1 Å². The minimum absolute atomic E-state index is 0.0848. The van der Waals surface area contributed by atoms with Crippen LogP contribution in [-0.2, 0) is 0 Å². The summed E-state index contributed by atoms with van der Waals surface area (Å²) in [6.07, 6.45) is 1.77. The normalized spacial score (nSPS) is 17.9. The molecule has 2 aliphatic rings. The first kappa shape index (κ1) is 17.4. The molecule has 0 radical (unpaired) electrons. The van der Waals surface area contributed by atoms with Crippen molar-refractivity contribution in [1.82, 2.24) is 20.2 Å². The van der Waals surface area contributed by atoms with Crippen molar-refractivity contribution in [3.05, 3.63) is 35.7 Å². The van der Waals surface area contributed by atoms with E-state index in [4.69, 9.17) is 0 Å². The van der Waals surface area contributed by atoms with Crippen LogP contribution in [0.3, 0.4) is 0 Å². The van der Waals surface area contributed by atoms with Crippen molar-refractivity contribution in [3.8, 4) is 0 Å². The Kier molecular flexibility index (Phi) is 3.86. The van der Waals surface area contributed by atoms with Gasteiger partial charge in [0.15, 0.2) is 23.0 Å². The van der Waals surface area contributed by atoms with Gasteiger partial charge in [-0.25, -0.2) is 19.6 Å². The molecule has 5 heterocycles. The van der Waals surface area contributed by atoms with Gasteiger partial charge in [0.25, 0.3) is 0 Å². The first-order valence-electron chi connectivity index (χ1n) is 9.42. The van der Waals surface area contributed by atoms with E-state index < -0.39 is 5.97 Å². The largest absolute Gasteiger partial charge is 0.477 e. The van der Waals surface area contributed by atoms with E-state index in [1.807, 2.05) is 19.1 Å². The zero-order valence-corrected chi connectivity index (χ0v) is 15.7. The molecule has 29 heavy (non-hydrogen) atoms. The zero-order chi connectivity index (χ0) is 20.1. The van der Waals surface area contributed by atoms with Crippen molar-refractivity contribution in [2.45, 2.75) is 25.8 Å². The molecule has 0 saturated carbocycles. The van der Waals surface area contributed by atoms with Gasteiger partial charge in [-0.3, -0.25) is 15.3 Å². The summed E-state index contributed by atoms with van der Waals surface area (Å²) >= 11 is 0. The summed E-state index contributed by atoms with van der Waals surface area (Å²) in [5.74, 6) is -0.377. The number of carbonyl (C=O) groups excluding carboxylic acids is 1. The Bertz CT molecular complexity index is 1140. The third-order valence-electron chi connectivity index (χ3n) is 5.41. The number of aromatic carboxylic acids is 1. The van der Waals surface area contributed by atoms with Crippen LogP contribution in [0.25, 0.3) is 11.0 Å². The maximum Gasteiger partial charge on any atom is 0.354 e. The molecule has 10 heteroatoms. The number of fused-ring (bicyclic) bond motifs is 5. The number of anilines is 3. The average Bonchev–Trinajstić information content (AvgIpc) is 3.09. The molecular weight excluding hydrogens is 374 g/mol. The summed E-state index contributed by atoms with van der Waals surface area (Å²) in [5.41, 5.74) is 2.11. The number of aromatic amines is 1. The Morgan fingerprint density at radius 2 is 2.10 bits per heavy atom. The molecule has 0 aliphatic carbocycles. The number of piperidine rings is 1. The van der Waals surface area contributed by atoms with E-state index in [2.05, 4.69) is 30.4 Å². The summed E-state index contributed by atoms with van der Waals surface area (Å²) in [5, 5.41) is 19.9. The highest BCUT2D eigenvalue weighted by atomic mass is 16.4. The molecule has 5 rings (SSSR count). The van der Waals surface area contributed by atoms with Gasteiger partial charge < -0.3 is 10.0 Å². The van der Waals surface area contributed by atoms with E-state index in [0.717, 1.165) is 30.8 Å². The summed E-state index contributed by atoms with van der Waals surface area (Å²) in [6.45, 7) is 3.43. The minimum Gasteiger partial charge on any atom is -0.477 e. The lowest BCUT2D eigenvalue weighted by Crippen LogP contribution is -2.56. The second-order valence-electron chi connectivity index (χ2n) is 7.31. The molecule has 1 fully saturated rings. The van der Waals surface area contributed by atoms with Crippen molar-refractivity contribution in [2.75, 3.05) is 28.2 Å². The molecule has 3 aromatic rings. The fourth-order valence-electron chi connectivity index (χ4n) is 4.06. The van der Waals surface area contributed by atoms with Gasteiger partial charge in [0.05, 0.1) is 17.1 Å². The van der Waals surface area contributed by atoms with Gasteiger partial charge >= 0.3 is 12.0 Å². The molecule has 3 N–H and O–H groups in total. The maximum absolute atomic E-state index is 13.3. The number of carboxylic acid groups (broad SMARTS) is 1. The van der Waals surface area contributed by atoms with Crippen LogP contribution in [0, 0.1) is 6.92 Å². The van der Waals surface area contributed by atoms with Gasteiger partial charge in [-0.2, -0.15) is 5.10 Å². The van der Waals surface area contributed by atoms with Gasteiger partial charge in [0.2, 0.25) is 0 Å². The van der Waals surface area contributed by atoms with Crippen molar-refractivity contribution < 1.29 is 14.7 Å². The quantitative estimate of drug-likeness (QED) is 0.610. The fraction of sp³-hybridized carbons (Fsp3) is 0.316. The first-order chi connectivity index (χ1) is 14.0. The molecule has 2 bridgehead atoms. The van der Waals surface area contributed by atoms with Crippen molar-refractivity contribution in [3.63, 3.8) is 0 Å². The Morgan fingerprint density at radius 3 is 2.93 bits per heavy atom. The van der Waals surface area contributed by atoms with E-state index in [9.17, 15) is 14.7 Å². The number of pyridine rings is 2. The van der Waals surface area contributed by atoms with Crippen LogP contribution in [0.1, 0.15) is 29.0 Å². The molecule has 0 aromatic carbocycles. The molecular formula is C19H19N7O3. The van der Waals surface area contributed by atoms with E-state index in [1.54, 1.807) is 11.0 Å². The fourth-order valence-corrected chi connectivity index (χ4v) is 4.06. The number of nitrogens with one attached hydrogen (secondary N) is 2. The van der Waals surface area contributed by atoms with Gasteiger partial charge in [0.1, 0.15) is 0 Å². The monoisotopic (exact) mass is 393 g/mol. The number of carboxylic acids is 1. The number of amides is 2. The lowest BCUT2D eigenvalue weighted by Gasteiger charge is -2.45. The van der Waals surface area contributed by atoms with Crippen molar-refractivity contribution in [1.29, 1.82) is 0 Å². The topological polar surface area (TPSA) is 127 Å². The van der Waals surface area contributed by atoms with Gasteiger partial charge in [-0.05, 0) is 44.0 Å². The van der Waals surface area contributed by atoms with Crippen molar-refractivity contribution >= 4 is 40.4 Å². The summed E-state index contributed by atoms with van der Waals surface area (Å²) in [6, 6.07) is 6.43. The summed E-state index contributed by atoms with van der Waals surface area (Å²) in [7, 11) is 0. The second kappa shape index (κ2) is 6.43. The molecule has 10 nitrogen and oxygen atoms in total. The van der Waals surface area contributed by atoms with E-state index in [1.165, 1.54) is 6.07 Å². The standard InChI is InChI=1S/C19H19N7O3/c1-10-4-5-12-15(20-10)23-24-16(12)22-19(29)26-11-3-2-8-25(9-11)14-7-6-13(18(27)28)21-17(14)26/h4-7,11H,2-3,8-9H2,1H3,(H,27,28)(H2,20,22,23,24,29). The number of rotatable bonds is 2. The van der Waals surface area contributed by atoms with Crippen LogP contribution in [-0.4, -0.2) is 56.4 Å². The number of urea groups is 1. The molecule has 0 spiro atoms. The Hall–Kier alpha value is -3.69. The molecule has 1 saturated heterocycles. The number of nitrogens with zero attached hydrogens (tertiary/aromatic N) is 5. The molecule has 1 unspecified atom stereocenters. The van der Waals surface area contributed by atoms with Crippen LogP contribution in [0.2, 0.25) is 0 Å². The highest BCUT2D eigenvalue weighted by Crippen LogP contribution is 2.38. The number of hydrogen-bond donors (Lipinski definition) is 3. The highest BCUT2D eigenvalue weighted by molar-refractivity contribution is 6.07. The average molecular weight is 393 g/mol. The smallest absolute Gasteiger partial charge is 0.354 e. The first-order valence-corrected chi connectivity index (χ1v) is 9.42. The molecule has 2 aliphatic heterocycles. The lowest BCUT2D eigenvalue weighted by molar-refractivity contribution is 0.0690. The SMILES string of the molecule is Cc1ccc2c(NC(=O)N3c4nc(C(=O)O)ccc4N4CCCC3C4)n[nH]c2n1. The Labute approximate surface area is 165 Å². The van der Waals surface area contributed by atoms with E-state index >= 15 is 0 Å². The zero-order valence-electron chi connectivity index (χ0n) is 15.7. The predicted octanol–water partition coefficient (Wildman–Crippen LogP) is 2.38. The van der Waals surface area contributed by atoms with Crippen LogP contribution in [0.4, 0.5) is 22.1 Å². The third-order valence-corrected chi connectivity index (χ3v) is 5.41. The molecule has 3 aromatic heterocycles. The molecule has 2 amide bonds. The highest BCUT2D eigenvalue weighted by Gasteiger charge is 2.38. The number of aryl methyl sites for hydroxylation is 1. The predicted molar refractivity (Wildman–Crippen MR) is 107 cm³/mol. The van der Waals surface area contributed by atoms with Gasteiger partial charge in [0, 0.05) is 18.8 Å². The second-order valence-corrected chi connectivity index (χ2v) is 7.31. The summed E-state index contributed by atoms with van der Waals surface area (Å²) in [4.78, 5) is 37.1. The van der Waals surface area contributed by atoms with Crippen LogP contribution in [0.5, 0.6) is 0 Å².